The predicted molar refractivity (Wildman–Crippen MR) is 120 cm³/mol. The Kier molecular flexibility index (Phi) is 7.62. The van der Waals surface area contributed by atoms with Crippen molar-refractivity contribution < 1.29 is 24.4 Å². The molecule has 0 heterocycles. The van der Waals surface area contributed by atoms with Crippen molar-refractivity contribution >= 4 is 17.6 Å². The molecule has 0 unspecified atom stereocenters. The van der Waals surface area contributed by atoms with Gasteiger partial charge in [0.15, 0.2) is 0 Å². The molecule has 7 heteroatoms. The van der Waals surface area contributed by atoms with E-state index >= 15 is 0 Å². The first-order valence-corrected chi connectivity index (χ1v) is 11.1. The van der Waals surface area contributed by atoms with Crippen molar-refractivity contribution in [1.29, 1.82) is 0 Å². The van der Waals surface area contributed by atoms with Crippen LogP contribution in [0.5, 0.6) is 5.75 Å². The van der Waals surface area contributed by atoms with E-state index in [1.54, 1.807) is 24.3 Å². The van der Waals surface area contributed by atoms with E-state index in [-0.39, 0.29) is 17.6 Å². The Hall–Kier alpha value is -3.22. The van der Waals surface area contributed by atoms with Crippen molar-refractivity contribution in [3.05, 3.63) is 69.8 Å². The smallest absolute Gasteiger partial charge is 0.314 e. The van der Waals surface area contributed by atoms with Crippen LogP contribution in [0.3, 0.4) is 0 Å². The van der Waals surface area contributed by atoms with E-state index in [9.17, 15) is 24.8 Å². The second kappa shape index (κ2) is 10.4. The SMILES string of the molecule is CCCCCC(=O)Oc1ccc(C2CCC(C(=O)O)(c3ccc([N+](=O)[O-])cc3)CC2)cc1. The predicted octanol–water partition coefficient (Wildman–Crippen LogP) is 5.76. The molecule has 7 nitrogen and oxygen atoms in total. The number of rotatable bonds is 9. The zero-order valence-electron chi connectivity index (χ0n) is 18.3. The Balaban J connectivity index is 1.64. The van der Waals surface area contributed by atoms with E-state index in [1.807, 2.05) is 12.1 Å². The highest BCUT2D eigenvalue weighted by Crippen LogP contribution is 2.45. The number of esters is 1. The van der Waals surface area contributed by atoms with Crippen LogP contribution in [-0.4, -0.2) is 22.0 Å². The van der Waals surface area contributed by atoms with Gasteiger partial charge in [-0.3, -0.25) is 19.7 Å². The second-order valence-corrected chi connectivity index (χ2v) is 8.47. The van der Waals surface area contributed by atoms with Gasteiger partial charge in [0.05, 0.1) is 10.3 Å². The van der Waals surface area contributed by atoms with E-state index in [0.29, 0.717) is 43.4 Å². The van der Waals surface area contributed by atoms with E-state index in [0.717, 1.165) is 24.8 Å². The Bertz CT molecular complexity index is 943. The molecule has 2 aromatic carbocycles. The van der Waals surface area contributed by atoms with Gasteiger partial charge in [-0.05, 0) is 61.3 Å². The van der Waals surface area contributed by atoms with Gasteiger partial charge >= 0.3 is 11.9 Å². The highest BCUT2D eigenvalue weighted by atomic mass is 16.6. The minimum absolute atomic E-state index is 0.0471. The zero-order valence-corrected chi connectivity index (χ0v) is 18.3. The summed E-state index contributed by atoms with van der Waals surface area (Å²) in [5, 5.41) is 20.9. The van der Waals surface area contributed by atoms with Gasteiger partial charge in [0.1, 0.15) is 5.75 Å². The van der Waals surface area contributed by atoms with Gasteiger partial charge < -0.3 is 9.84 Å². The molecule has 0 spiro atoms. The maximum absolute atomic E-state index is 12.2. The fourth-order valence-corrected chi connectivity index (χ4v) is 4.48. The fraction of sp³-hybridized carbons (Fsp3) is 0.440. The molecular formula is C25H29NO6. The number of unbranched alkanes of at least 4 members (excludes halogenated alkanes) is 2. The summed E-state index contributed by atoms with van der Waals surface area (Å²) in [6, 6.07) is 13.3. The van der Waals surface area contributed by atoms with Crippen LogP contribution in [0.2, 0.25) is 0 Å². The Morgan fingerprint density at radius 3 is 2.22 bits per heavy atom. The number of nitrogens with zero attached hydrogens (tertiary/aromatic N) is 1. The van der Waals surface area contributed by atoms with Crippen molar-refractivity contribution in [2.75, 3.05) is 0 Å². The summed E-state index contributed by atoms with van der Waals surface area (Å²) in [6.07, 6.45) is 5.61. The second-order valence-electron chi connectivity index (χ2n) is 8.47. The first-order chi connectivity index (χ1) is 15.4. The lowest BCUT2D eigenvalue weighted by Gasteiger charge is -2.37. The average Bonchev–Trinajstić information content (AvgIpc) is 2.80. The molecule has 0 bridgehead atoms. The summed E-state index contributed by atoms with van der Waals surface area (Å²) in [5.74, 6) is -0.375. The molecule has 1 aliphatic rings. The van der Waals surface area contributed by atoms with Crippen LogP contribution in [-0.2, 0) is 15.0 Å². The quantitative estimate of drug-likeness (QED) is 0.175. The van der Waals surface area contributed by atoms with Crippen LogP contribution in [0.4, 0.5) is 5.69 Å². The molecule has 2 aromatic rings. The number of nitro benzene ring substituents is 1. The standard InChI is InChI=1S/C25H29NO6/c1-2-3-4-5-23(27)32-22-12-6-18(7-13-22)19-14-16-25(17-15-19,24(28)29)20-8-10-21(11-9-20)26(30)31/h6-13,19H,2-5,14-17H2,1H3,(H,28,29). The number of hydrogen-bond acceptors (Lipinski definition) is 5. The van der Waals surface area contributed by atoms with E-state index in [1.165, 1.54) is 12.1 Å². The molecule has 0 aromatic heterocycles. The molecular weight excluding hydrogens is 410 g/mol. The van der Waals surface area contributed by atoms with Gasteiger partial charge in [0, 0.05) is 18.6 Å². The monoisotopic (exact) mass is 439 g/mol. The number of benzene rings is 2. The molecule has 0 amide bonds. The van der Waals surface area contributed by atoms with Gasteiger partial charge in [0.25, 0.3) is 5.69 Å². The summed E-state index contributed by atoms with van der Waals surface area (Å²) in [6.45, 7) is 2.09. The van der Waals surface area contributed by atoms with E-state index in [2.05, 4.69) is 6.92 Å². The largest absolute Gasteiger partial charge is 0.481 e. The van der Waals surface area contributed by atoms with Crippen LogP contribution < -0.4 is 4.74 Å². The van der Waals surface area contributed by atoms with Crippen molar-refractivity contribution in [3.8, 4) is 5.75 Å². The van der Waals surface area contributed by atoms with Gasteiger partial charge in [-0.2, -0.15) is 0 Å². The molecule has 0 saturated heterocycles. The molecule has 0 radical (unpaired) electrons. The number of aliphatic carboxylic acids is 1. The first kappa shape index (κ1) is 23.4. The molecule has 1 N–H and O–H groups in total. The molecule has 1 saturated carbocycles. The Morgan fingerprint density at radius 2 is 1.69 bits per heavy atom. The average molecular weight is 440 g/mol. The van der Waals surface area contributed by atoms with E-state index < -0.39 is 16.3 Å². The topological polar surface area (TPSA) is 107 Å². The summed E-state index contributed by atoms with van der Waals surface area (Å²) in [7, 11) is 0. The fourth-order valence-electron chi connectivity index (χ4n) is 4.48. The lowest BCUT2D eigenvalue weighted by Crippen LogP contribution is -2.39. The lowest BCUT2D eigenvalue weighted by molar-refractivity contribution is -0.384. The molecule has 1 aliphatic carbocycles. The number of ether oxygens (including phenoxy) is 1. The van der Waals surface area contributed by atoms with Crippen molar-refractivity contribution in [1.82, 2.24) is 0 Å². The summed E-state index contributed by atoms with van der Waals surface area (Å²) < 4.78 is 5.39. The van der Waals surface area contributed by atoms with Crippen LogP contribution >= 0.6 is 0 Å². The molecule has 1 fully saturated rings. The molecule has 0 atom stereocenters. The number of nitro groups is 1. The lowest BCUT2D eigenvalue weighted by atomic mass is 9.65. The number of hydrogen-bond donors (Lipinski definition) is 1. The minimum atomic E-state index is -1.03. The third-order valence-corrected chi connectivity index (χ3v) is 6.45. The minimum Gasteiger partial charge on any atom is -0.481 e. The zero-order chi connectivity index (χ0) is 23.1. The number of non-ortho nitro benzene ring substituents is 1. The third-order valence-electron chi connectivity index (χ3n) is 6.45. The molecule has 0 aliphatic heterocycles. The van der Waals surface area contributed by atoms with Gasteiger partial charge in [0.2, 0.25) is 0 Å². The number of carbonyl (C=O) groups excluding carboxylic acids is 1. The van der Waals surface area contributed by atoms with Crippen LogP contribution in [0.1, 0.15) is 75.3 Å². The highest BCUT2D eigenvalue weighted by Gasteiger charge is 2.43. The van der Waals surface area contributed by atoms with Gasteiger partial charge in [-0.15, -0.1) is 0 Å². The number of carbonyl (C=O) groups is 2. The maximum Gasteiger partial charge on any atom is 0.314 e. The summed E-state index contributed by atoms with van der Waals surface area (Å²) in [5.41, 5.74) is 0.631. The molecule has 3 rings (SSSR count). The third kappa shape index (κ3) is 5.33. The highest BCUT2D eigenvalue weighted by molar-refractivity contribution is 5.81. The summed E-state index contributed by atoms with van der Waals surface area (Å²) in [4.78, 5) is 34.5. The normalized spacial score (nSPS) is 20.5. The van der Waals surface area contributed by atoms with Crippen molar-refractivity contribution in [2.24, 2.45) is 0 Å². The van der Waals surface area contributed by atoms with Crippen molar-refractivity contribution in [3.63, 3.8) is 0 Å². The Morgan fingerprint density at radius 1 is 1.06 bits per heavy atom. The van der Waals surface area contributed by atoms with Gasteiger partial charge in [-0.25, -0.2) is 0 Å². The number of carboxylic acids is 1. The van der Waals surface area contributed by atoms with Gasteiger partial charge in [-0.1, -0.05) is 44.0 Å². The van der Waals surface area contributed by atoms with E-state index in [4.69, 9.17) is 4.74 Å². The van der Waals surface area contributed by atoms with Crippen LogP contribution in [0, 0.1) is 10.1 Å². The molecule has 170 valence electrons. The number of carboxylic acid groups (broad SMARTS) is 1. The van der Waals surface area contributed by atoms with Crippen LogP contribution in [0.25, 0.3) is 0 Å². The van der Waals surface area contributed by atoms with Crippen LogP contribution in [0.15, 0.2) is 48.5 Å². The maximum atomic E-state index is 12.2. The van der Waals surface area contributed by atoms with Crippen molar-refractivity contribution in [2.45, 2.75) is 69.6 Å². The molecule has 32 heavy (non-hydrogen) atoms. The Labute approximate surface area is 187 Å². The first-order valence-electron chi connectivity index (χ1n) is 11.1. The summed E-state index contributed by atoms with van der Waals surface area (Å²) >= 11 is 0.